The molecule has 1 nitrogen and oxygen atoms in total. The largest absolute Gasteiger partial charge is 0.222 e. The second-order valence-electron chi connectivity index (χ2n) is 13.9. The first kappa shape index (κ1) is 25.4. The molecule has 0 spiro atoms. The standard InChI is InChI=1S/C36H40NS/c1-21-16-23(19-35(3,4)5)27-18-30-32-26(28(27)17-21)14-15-37(9)33(32)31-22(2)24-12-10-11-13-25(24)29(34(31)38-30)20-36(6,7)8/h10-18H,19-20H2,1-9H3/q+1. The van der Waals surface area contributed by atoms with Gasteiger partial charge < -0.3 is 0 Å². The molecule has 5 aromatic rings. The zero-order valence-corrected chi connectivity index (χ0v) is 25.3. The van der Waals surface area contributed by atoms with Crippen molar-refractivity contribution in [1.82, 2.24) is 0 Å². The highest BCUT2D eigenvalue weighted by Gasteiger charge is 2.33. The number of aryl methyl sites for hydroxylation is 3. The smallest absolute Gasteiger partial charge is 0.200 e. The van der Waals surface area contributed by atoms with Crippen LogP contribution in [-0.2, 0) is 19.9 Å². The van der Waals surface area contributed by atoms with Crippen LogP contribution < -0.4 is 4.57 Å². The monoisotopic (exact) mass is 518 g/mol. The predicted octanol–water partition coefficient (Wildman–Crippen LogP) is 9.90. The molecule has 0 radical (unpaired) electrons. The summed E-state index contributed by atoms with van der Waals surface area (Å²) in [5.41, 5.74) is 8.93. The van der Waals surface area contributed by atoms with Crippen LogP contribution in [-0.4, -0.2) is 0 Å². The van der Waals surface area contributed by atoms with Crippen molar-refractivity contribution in [3.05, 3.63) is 77.0 Å². The minimum Gasteiger partial charge on any atom is -0.200 e. The van der Waals surface area contributed by atoms with Gasteiger partial charge in [-0.15, -0.1) is 0 Å². The summed E-state index contributed by atoms with van der Waals surface area (Å²) in [6, 6.07) is 18.7. The fourth-order valence-corrected chi connectivity index (χ4v) is 7.92. The normalized spacial score (nSPS) is 13.5. The molecule has 0 N–H and O–H groups in total. The average Bonchev–Trinajstić information content (AvgIpc) is 2.82. The summed E-state index contributed by atoms with van der Waals surface area (Å²) in [4.78, 5) is 2.85. The first-order chi connectivity index (χ1) is 17.8. The predicted molar refractivity (Wildman–Crippen MR) is 165 cm³/mol. The molecular formula is C36H40NS+. The van der Waals surface area contributed by atoms with Gasteiger partial charge in [-0.3, -0.25) is 0 Å². The first-order valence-electron chi connectivity index (χ1n) is 13.9. The Labute approximate surface area is 232 Å². The Morgan fingerprint density at radius 3 is 2.11 bits per heavy atom. The molecule has 1 aliphatic rings. The van der Waals surface area contributed by atoms with Crippen LogP contribution in [0.25, 0.3) is 43.6 Å². The van der Waals surface area contributed by atoms with Crippen LogP contribution in [0.2, 0.25) is 0 Å². The summed E-state index contributed by atoms with van der Waals surface area (Å²) in [6.45, 7) is 18.7. The summed E-state index contributed by atoms with van der Waals surface area (Å²) in [7, 11) is 2.22. The van der Waals surface area contributed by atoms with Crippen molar-refractivity contribution >= 4 is 44.1 Å². The van der Waals surface area contributed by atoms with Crippen molar-refractivity contribution in [2.24, 2.45) is 17.9 Å². The zero-order valence-electron chi connectivity index (χ0n) is 24.5. The number of hydrogen-bond donors (Lipinski definition) is 0. The van der Waals surface area contributed by atoms with Gasteiger partial charge in [-0.05, 0) is 81.8 Å². The van der Waals surface area contributed by atoms with Crippen LogP contribution in [0.3, 0.4) is 0 Å². The summed E-state index contributed by atoms with van der Waals surface area (Å²) in [5.74, 6) is 0. The number of pyridine rings is 1. The van der Waals surface area contributed by atoms with E-state index >= 15 is 0 Å². The zero-order chi connectivity index (χ0) is 27.1. The van der Waals surface area contributed by atoms with Crippen molar-refractivity contribution in [3.63, 3.8) is 0 Å². The molecule has 0 amide bonds. The van der Waals surface area contributed by atoms with Crippen LogP contribution in [0.1, 0.15) is 63.8 Å². The second kappa shape index (κ2) is 8.58. The van der Waals surface area contributed by atoms with E-state index < -0.39 is 0 Å². The molecule has 0 aliphatic carbocycles. The van der Waals surface area contributed by atoms with E-state index in [4.69, 9.17) is 0 Å². The maximum absolute atomic E-state index is 2.51. The van der Waals surface area contributed by atoms with Gasteiger partial charge in [-0.1, -0.05) is 95.3 Å². The molecular weight excluding hydrogens is 478 g/mol. The van der Waals surface area contributed by atoms with Gasteiger partial charge in [0.15, 0.2) is 6.20 Å². The van der Waals surface area contributed by atoms with Crippen molar-refractivity contribution in [3.8, 4) is 11.3 Å². The number of fused-ring (bicyclic) bond motifs is 5. The van der Waals surface area contributed by atoms with Gasteiger partial charge >= 0.3 is 0 Å². The molecule has 1 aromatic heterocycles. The third kappa shape index (κ3) is 4.13. The Hall–Kier alpha value is -2.84. The highest BCUT2D eigenvalue weighted by Crippen LogP contribution is 2.53. The van der Waals surface area contributed by atoms with Gasteiger partial charge in [0, 0.05) is 21.2 Å². The van der Waals surface area contributed by atoms with E-state index in [1.54, 1.807) is 0 Å². The molecule has 0 bridgehead atoms. The van der Waals surface area contributed by atoms with E-state index in [-0.39, 0.29) is 10.8 Å². The van der Waals surface area contributed by atoms with Gasteiger partial charge in [0.25, 0.3) is 0 Å². The minimum atomic E-state index is 0.196. The van der Waals surface area contributed by atoms with Gasteiger partial charge in [-0.25, -0.2) is 4.57 Å². The van der Waals surface area contributed by atoms with Crippen LogP contribution in [0.15, 0.2) is 64.5 Å². The third-order valence-electron chi connectivity index (χ3n) is 7.95. The van der Waals surface area contributed by atoms with Gasteiger partial charge in [0.1, 0.15) is 7.05 Å². The fraction of sp³-hybridized carbons (Fsp3) is 0.361. The molecule has 194 valence electrons. The molecule has 0 saturated carbocycles. The van der Waals surface area contributed by atoms with Crippen molar-refractivity contribution in [1.29, 1.82) is 0 Å². The lowest BCUT2D eigenvalue weighted by molar-refractivity contribution is -0.659. The summed E-state index contributed by atoms with van der Waals surface area (Å²) in [6.07, 6.45) is 4.41. The van der Waals surface area contributed by atoms with Crippen LogP contribution in [0.4, 0.5) is 0 Å². The third-order valence-corrected chi connectivity index (χ3v) is 9.15. The Kier molecular flexibility index (Phi) is 5.74. The van der Waals surface area contributed by atoms with Crippen molar-refractivity contribution < 1.29 is 4.57 Å². The van der Waals surface area contributed by atoms with E-state index in [2.05, 4.69) is 122 Å². The summed E-state index contributed by atoms with van der Waals surface area (Å²) >= 11 is 2.01. The molecule has 0 atom stereocenters. The van der Waals surface area contributed by atoms with Crippen LogP contribution >= 0.6 is 11.8 Å². The molecule has 2 heterocycles. The van der Waals surface area contributed by atoms with E-state index in [1.165, 1.54) is 75.6 Å². The highest BCUT2D eigenvalue weighted by molar-refractivity contribution is 8.00. The quantitative estimate of drug-likeness (QED) is 0.163. The fourth-order valence-electron chi connectivity index (χ4n) is 6.56. The SMILES string of the molecule is Cc1cc(CC(C)(C)C)c2cc3c4c([n+](C)ccc4c2c1)-c1c(c(CC(C)(C)C)c2ccccc2c1C)S3. The molecule has 38 heavy (non-hydrogen) atoms. The maximum Gasteiger partial charge on any atom is 0.222 e. The molecule has 1 aliphatic heterocycles. The molecule has 2 heteroatoms. The number of hydrogen-bond acceptors (Lipinski definition) is 1. The summed E-state index contributed by atoms with van der Waals surface area (Å²) < 4.78 is 2.37. The Balaban J connectivity index is 1.77. The van der Waals surface area contributed by atoms with E-state index in [0.29, 0.717) is 0 Å². The van der Waals surface area contributed by atoms with Crippen molar-refractivity contribution in [2.75, 3.05) is 0 Å². The molecule has 0 saturated heterocycles. The molecule has 4 aromatic carbocycles. The van der Waals surface area contributed by atoms with Crippen LogP contribution in [0, 0.1) is 24.7 Å². The number of nitrogens with zero attached hydrogens (tertiary/aromatic N) is 1. The highest BCUT2D eigenvalue weighted by atomic mass is 32.2. The number of rotatable bonds is 2. The van der Waals surface area contributed by atoms with Crippen LogP contribution in [0.5, 0.6) is 0 Å². The number of aromatic nitrogens is 1. The number of benzene rings is 4. The Morgan fingerprint density at radius 2 is 1.42 bits per heavy atom. The maximum atomic E-state index is 2.51. The lowest BCUT2D eigenvalue weighted by atomic mass is 9.82. The van der Waals surface area contributed by atoms with Gasteiger partial charge in [-0.2, -0.15) is 0 Å². The average molecular weight is 519 g/mol. The molecule has 0 fully saturated rings. The lowest BCUT2D eigenvalue weighted by Crippen LogP contribution is -2.32. The van der Waals surface area contributed by atoms with E-state index in [9.17, 15) is 0 Å². The topological polar surface area (TPSA) is 3.88 Å². The van der Waals surface area contributed by atoms with Crippen molar-refractivity contribution in [2.45, 2.75) is 78.0 Å². The Morgan fingerprint density at radius 1 is 0.737 bits per heavy atom. The van der Waals surface area contributed by atoms with Gasteiger partial charge in [0.05, 0.1) is 10.9 Å². The minimum absolute atomic E-state index is 0.196. The van der Waals surface area contributed by atoms with E-state index in [0.717, 1.165) is 12.8 Å². The summed E-state index contributed by atoms with van der Waals surface area (Å²) in [5, 5.41) is 8.39. The van der Waals surface area contributed by atoms with Gasteiger partial charge in [0.2, 0.25) is 5.69 Å². The Bertz CT molecular complexity index is 1780. The molecule has 0 unspecified atom stereocenters. The van der Waals surface area contributed by atoms with E-state index in [1.807, 2.05) is 11.8 Å². The molecule has 6 rings (SSSR count). The first-order valence-corrected chi connectivity index (χ1v) is 14.7. The lowest BCUT2D eigenvalue weighted by Gasteiger charge is -2.28. The second-order valence-corrected chi connectivity index (χ2v) is 14.9.